The van der Waals surface area contributed by atoms with Crippen LogP contribution in [0, 0.1) is 0 Å². The molecule has 0 amide bonds. The summed E-state index contributed by atoms with van der Waals surface area (Å²) in [6.45, 7) is 5.15. The van der Waals surface area contributed by atoms with Gasteiger partial charge in [0.25, 0.3) is 0 Å². The van der Waals surface area contributed by atoms with Gasteiger partial charge in [-0.15, -0.1) is 0 Å². The molecule has 0 aliphatic heterocycles. The van der Waals surface area contributed by atoms with Gasteiger partial charge in [0, 0.05) is 25.9 Å². The van der Waals surface area contributed by atoms with Crippen molar-refractivity contribution in [3.63, 3.8) is 0 Å². The minimum atomic E-state index is 0.373. The molecule has 0 aliphatic carbocycles. The highest BCUT2D eigenvalue weighted by atomic mass is 35.5. The molecule has 0 bridgehead atoms. The Hall–Kier alpha value is -1.26. The lowest BCUT2D eigenvalue weighted by molar-refractivity contribution is 0.441. The smallest absolute Gasteiger partial charge is 0.103 e. The van der Waals surface area contributed by atoms with Crippen molar-refractivity contribution in [3.8, 4) is 0 Å². The fourth-order valence-corrected chi connectivity index (χ4v) is 2.98. The van der Waals surface area contributed by atoms with Crippen molar-refractivity contribution in [3.05, 3.63) is 40.6 Å². The Morgan fingerprint density at radius 3 is 2.81 bits per heavy atom. The number of hydrogen-bond acceptors (Lipinski definition) is 3. The van der Waals surface area contributed by atoms with Crippen LogP contribution in [0.1, 0.15) is 37.4 Å². The number of nitrogens with zero attached hydrogens (tertiary/aromatic N) is 2. The molecule has 2 aromatic heterocycles. The van der Waals surface area contributed by atoms with E-state index in [1.165, 1.54) is 0 Å². The molecule has 4 nitrogen and oxygen atoms in total. The Balaban J connectivity index is 2.03. The normalized spacial score (nSPS) is 12.8. The van der Waals surface area contributed by atoms with Crippen molar-refractivity contribution in [2.75, 3.05) is 6.54 Å². The van der Waals surface area contributed by atoms with Gasteiger partial charge in [0.15, 0.2) is 0 Å². The zero-order valence-corrected chi connectivity index (χ0v) is 13.8. The number of aromatic nitrogens is 2. The van der Waals surface area contributed by atoms with Crippen molar-refractivity contribution < 1.29 is 4.42 Å². The van der Waals surface area contributed by atoms with Gasteiger partial charge in [0.2, 0.25) is 0 Å². The third-order valence-corrected chi connectivity index (χ3v) is 4.19. The van der Waals surface area contributed by atoms with Crippen molar-refractivity contribution >= 4 is 11.6 Å². The number of nitrogens with one attached hydrogen (secondary N) is 1. The Kier molecular flexibility index (Phi) is 5.88. The van der Waals surface area contributed by atoms with Crippen LogP contribution in [0.2, 0.25) is 5.02 Å². The maximum absolute atomic E-state index is 6.44. The number of rotatable bonds is 8. The Bertz CT molecular complexity index is 548. The highest BCUT2D eigenvalue weighted by Gasteiger charge is 2.17. The number of aryl methyl sites for hydroxylation is 3. The molecule has 1 N–H and O–H groups in total. The first kappa shape index (κ1) is 16.1. The van der Waals surface area contributed by atoms with E-state index in [0.717, 1.165) is 54.4 Å². The summed E-state index contributed by atoms with van der Waals surface area (Å²) < 4.78 is 7.32. The third-order valence-electron chi connectivity index (χ3n) is 3.75. The molecule has 0 fully saturated rings. The van der Waals surface area contributed by atoms with Gasteiger partial charge >= 0.3 is 0 Å². The van der Waals surface area contributed by atoms with E-state index in [1.807, 2.05) is 23.9 Å². The van der Waals surface area contributed by atoms with Gasteiger partial charge in [0.1, 0.15) is 5.76 Å². The number of hydrogen-bond donors (Lipinski definition) is 1. The van der Waals surface area contributed by atoms with Gasteiger partial charge in [-0.05, 0) is 31.5 Å². The van der Waals surface area contributed by atoms with Gasteiger partial charge in [-0.25, -0.2) is 0 Å². The van der Waals surface area contributed by atoms with E-state index >= 15 is 0 Å². The Labute approximate surface area is 131 Å². The fraction of sp³-hybridized carbons (Fsp3) is 0.562. The lowest BCUT2D eigenvalue weighted by Crippen LogP contribution is -2.32. The predicted molar refractivity (Wildman–Crippen MR) is 85.8 cm³/mol. The first-order chi connectivity index (χ1) is 10.2. The zero-order valence-electron chi connectivity index (χ0n) is 13.0. The van der Waals surface area contributed by atoms with Crippen LogP contribution in [0.3, 0.4) is 0 Å². The van der Waals surface area contributed by atoms with E-state index in [4.69, 9.17) is 16.0 Å². The van der Waals surface area contributed by atoms with Crippen molar-refractivity contribution in [2.24, 2.45) is 7.05 Å². The molecule has 1 unspecified atom stereocenters. The summed E-state index contributed by atoms with van der Waals surface area (Å²) in [6, 6.07) is 4.33. The first-order valence-electron chi connectivity index (χ1n) is 7.61. The molecule has 2 heterocycles. The molecule has 2 rings (SSSR count). The van der Waals surface area contributed by atoms with Crippen molar-refractivity contribution in [1.82, 2.24) is 15.1 Å². The summed E-state index contributed by atoms with van der Waals surface area (Å²) in [5, 5.41) is 8.84. The van der Waals surface area contributed by atoms with Crippen LogP contribution in [-0.2, 0) is 26.3 Å². The van der Waals surface area contributed by atoms with E-state index in [9.17, 15) is 0 Å². The molecule has 21 heavy (non-hydrogen) atoms. The molecular formula is C16H24ClN3O. The summed E-state index contributed by atoms with van der Waals surface area (Å²) in [6.07, 6.45) is 5.43. The lowest BCUT2D eigenvalue weighted by atomic mass is 10.0. The standard InChI is InChI=1S/C16H24ClN3O/c1-4-14-16(17)15(20(3)19-14)11-12(18-5-2)8-9-13-7-6-10-21-13/h6-7,10,12,18H,4-5,8-9,11H2,1-3H3. The average molecular weight is 310 g/mol. The summed E-state index contributed by atoms with van der Waals surface area (Å²) >= 11 is 6.44. The van der Waals surface area contributed by atoms with E-state index in [-0.39, 0.29) is 0 Å². The SMILES string of the molecule is CCNC(CCc1ccco1)Cc1c(Cl)c(CC)nn1C. The number of likely N-dealkylation sites (N-methyl/N-ethyl adjacent to an activating group) is 1. The summed E-state index contributed by atoms with van der Waals surface area (Å²) in [5.74, 6) is 1.03. The van der Waals surface area contributed by atoms with Crippen molar-refractivity contribution in [2.45, 2.75) is 45.6 Å². The highest BCUT2D eigenvalue weighted by molar-refractivity contribution is 6.31. The molecule has 2 aromatic rings. The maximum atomic E-state index is 6.44. The van der Waals surface area contributed by atoms with Gasteiger partial charge in [-0.3, -0.25) is 4.68 Å². The molecule has 1 atom stereocenters. The molecule has 0 spiro atoms. The minimum Gasteiger partial charge on any atom is -0.469 e. The van der Waals surface area contributed by atoms with Crippen LogP contribution in [0.25, 0.3) is 0 Å². The lowest BCUT2D eigenvalue weighted by Gasteiger charge is -2.17. The van der Waals surface area contributed by atoms with E-state index < -0.39 is 0 Å². The van der Waals surface area contributed by atoms with Gasteiger partial charge < -0.3 is 9.73 Å². The summed E-state index contributed by atoms with van der Waals surface area (Å²) in [7, 11) is 1.97. The molecule has 116 valence electrons. The van der Waals surface area contributed by atoms with E-state index in [0.29, 0.717) is 6.04 Å². The second kappa shape index (κ2) is 7.66. The fourth-order valence-electron chi connectivity index (χ4n) is 2.61. The number of halogens is 1. The van der Waals surface area contributed by atoms with E-state index in [1.54, 1.807) is 6.26 Å². The topological polar surface area (TPSA) is 43.0 Å². The van der Waals surface area contributed by atoms with Gasteiger partial charge in [-0.2, -0.15) is 5.10 Å². The Morgan fingerprint density at radius 2 is 2.24 bits per heavy atom. The monoisotopic (exact) mass is 309 g/mol. The zero-order chi connectivity index (χ0) is 15.2. The van der Waals surface area contributed by atoms with Crippen LogP contribution < -0.4 is 5.32 Å². The predicted octanol–water partition coefficient (Wildman–Crippen LogP) is 3.38. The quantitative estimate of drug-likeness (QED) is 0.813. The molecule has 0 aliphatic rings. The summed E-state index contributed by atoms with van der Waals surface area (Å²) in [5.41, 5.74) is 2.09. The van der Waals surface area contributed by atoms with E-state index in [2.05, 4.69) is 24.3 Å². The van der Waals surface area contributed by atoms with Crippen LogP contribution in [0.4, 0.5) is 0 Å². The Morgan fingerprint density at radius 1 is 1.43 bits per heavy atom. The van der Waals surface area contributed by atoms with Crippen molar-refractivity contribution in [1.29, 1.82) is 0 Å². The van der Waals surface area contributed by atoms with Crippen LogP contribution in [0.15, 0.2) is 22.8 Å². The highest BCUT2D eigenvalue weighted by Crippen LogP contribution is 2.23. The number of furan rings is 1. The molecular weight excluding hydrogens is 286 g/mol. The first-order valence-corrected chi connectivity index (χ1v) is 7.99. The molecule has 0 radical (unpaired) electrons. The molecule has 0 aromatic carbocycles. The molecule has 0 saturated heterocycles. The summed E-state index contributed by atoms with van der Waals surface area (Å²) in [4.78, 5) is 0. The molecule has 0 saturated carbocycles. The second-order valence-electron chi connectivity index (χ2n) is 5.26. The molecule has 5 heteroatoms. The van der Waals surface area contributed by atoms with Crippen LogP contribution in [-0.4, -0.2) is 22.4 Å². The maximum Gasteiger partial charge on any atom is 0.103 e. The van der Waals surface area contributed by atoms with Gasteiger partial charge in [-0.1, -0.05) is 25.4 Å². The second-order valence-corrected chi connectivity index (χ2v) is 5.64. The van der Waals surface area contributed by atoms with Crippen LogP contribution >= 0.6 is 11.6 Å². The average Bonchev–Trinajstić information content (AvgIpc) is 3.07. The van der Waals surface area contributed by atoms with Gasteiger partial charge in [0.05, 0.1) is 22.7 Å². The third kappa shape index (κ3) is 4.11. The largest absolute Gasteiger partial charge is 0.469 e. The van der Waals surface area contributed by atoms with Crippen LogP contribution in [0.5, 0.6) is 0 Å². The minimum absolute atomic E-state index is 0.373.